The van der Waals surface area contributed by atoms with Gasteiger partial charge in [0, 0.05) is 23.4 Å². The first-order chi connectivity index (χ1) is 15.9. The van der Waals surface area contributed by atoms with Crippen LogP contribution in [0.4, 0.5) is 18.9 Å². The molecule has 2 aromatic carbocycles. The van der Waals surface area contributed by atoms with Gasteiger partial charge in [-0.25, -0.2) is 0 Å². The molecule has 0 radical (unpaired) electrons. The minimum absolute atomic E-state index is 0.0465. The molecule has 2 aromatic rings. The van der Waals surface area contributed by atoms with Crippen LogP contribution in [0.2, 0.25) is 0 Å². The van der Waals surface area contributed by atoms with Crippen LogP contribution in [0.3, 0.4) is 0 Å². The predicted molar refractivity (Wildman–Crippen MR) is 118 cm³/mol. The average Bonchev–Trinajstić information content (AvgIpc) is 3.02. The number of carbonyl (C=O) groups excluding carboxylic acids is 3. The number of nitrogens with zero attached hydrogens (tertiary/aromatic N) is 1. The van der Waals surface area contributed by atoms with Gasteiger partial charge in [0.1, 0.15) is 5.75 Å². The number of anilines is 1. The lowest BCUT2D eigenvalue weighted by Crippen LogP contribution is -2.66. The van der Waals surface area contributed by atoms with Crippen molar-refractivity contribution in [2.45, 2.75) is 38.4 Å². The van der Waals surface area contributed by atoms with Crippen LogP contribution in [0.5, 0.6) is 5.75 Å². The third kappa shape index (κ3) is 3.65. The maximum Gasteiger partial charge on any atom is 0.425 e. The number of rotatable bonds is 4. The van der Waals surface area contributed by atoms with Crippen molar-refractivity contribution in [3.8, 4) is 5.75 Å². The number of halogens is 3. The van der Waals surface area contributed by atoms with E-state index in [0.717, 1.165) is 4.90 Å². The van der Waals surface area contributed by atoms with E-state index in [1.807, 2.05) is 5.32 Å². The van der Waals surface area contributed by atoms with E-state index in [2.05, 4.69) is 0 Å². The van der Waals surface area contributed by atoms with E-state index < -0.39 is 40.3 Å². The molecule has 0 fully saturated rings. The van der Waals surface area contributed by atoms with Gasteiger partial charge >= 0.3 is 6.18 Å². The predicted octanol–water partition coefficient (Wildman–Crippen LogP) is 4.42. The van der Waals surface area contributed by atoms with E-state index in [-0.39, 0.29) is 29.8 Å². The van der Waals surface area contributed by atoms with E-state index in [9.17, 15) is 27.6 Å². The summed E-state index contributed by atoms with van der Waals surface area (Å²) in [5.74, 6) is -2.91. The lowest BCUT2D eigenvalue weighted by molar-refractivity contribution is -0.186. The van der Waals surface area contributed by atoms with Gasteiger partial charge in [-0.3, -0.25) is 19.3 Å². The number of alkyl halides is 3. The Morgan fingerprint density at radius 3 is 2.18 bits per heavy atom. The number of amides is 2. The number of allylic oxidation sites excluding steroid dienone is 1. The first-order valence-corrected chi connectivity index (χ1v) is 10.6. The Balaban J connectivity index is 1.93. The highest BCUT2D eigenvalue weighted by molar-refractivity contribution is 6.21. The molecule has 178 valence electrons. The van der Waals surface area contributed by atoms with Crippen LogP contribution in [0, 0.1) is 5.41 Å². The van der Waals surface area contributed by atoms with Crippen molar-refractivity contribution in [1.82, 2.24) is 5.32 Å². The van der Waals surface area contributed by atoms with Crippen LogP contribution in [-0.2, 0) is 9.59 Å². The Morgan fingerprint density at radius 2 is 1.62 bits per heavy atom. The molecule has 0 saturated heterocycles. The van der Waals surface area contributed by atoms with Crippen LogP contribution in [0.15, 0.2) is 65.9 Å². The number of ether oxygens (including phenoxy) is 1. The number of carbonyl (C=O) groups is 3. The SMILES string of the molecule is COc1ccc(N2C(=O)[C@](NC(=O)c3ccccc3)(C(F)(F)F)C3=C2CC(C)(C)CC3=O)cc1. The maximum atomic E-state index is 14.8. The van der Waals surface area contributed by atoms with Gasteiger partial charge in [0.2, 0.25) is 5.54 Å². The number of hydrogen-bond donors (Lipinski definition) is 1. The Kier molecular flexibility index (Phi) is 5.54. The molecule has 2 aliphatic rings. The Bertz CT molecular complexity index is 1190. The van der Waals surface area contributed by atoms with E-state index in [0.29, 0.717) is 5.75 Å². The number of Topliss-reactive ketones (excluding diaryl/α,β-unsaturated/α-hetero) is 1. The quantitative estimate of drug-likeness (QED) is 0.715. The second-order valence-electron chi connectivity index (χ2n) is 9.17. The smallest absolute Gasteiger partial charge is 0.425 e. The fourth-order valence-electron chi connectivity index (χ4n) is 4.59. The molecule has 34 heavy (non-hydrogen) atoms. The van der Waals surface area contributed by atoms with Crippen LogP contribution < -0.4 is 15.0 Å². The monoisotopic (exact) mass is 472 g/mol. The van der Waals surface area contributed by atoms with Crippen molar-refractivity contribution >= 4 is 23.3 Å². The molecule has 0 unspecified atom stereocenters. The summed E-state index contributed by atoms with van der Waals surface area (Å²) in [6.45, 7) is 3.50. The van der Waals surface area contributed by atoms with E-state index in [1.165, 1.54) is 55.6 Å². The summed E-state index contributed by atoms with van der Waals surface area (Å²) in [6.07, 6.45) is -5.41. The topological polar surface area (TPSA) is 75.7 Å². The van der Waals surface area contributed by atoms with E-state index in [1.54, 1.807) is 19.9 Å². The summed E-state index contributed by atoms with van der Waals surface area (Å²) in [7, 11) is 1.44. The zero-order valence-corrected chi connectivity index (χ0v) is 18.8. The lowest BCUT2D eigenvalue weighted by atomic mass is 9.72. The molecular formula is C25H23F3N2O4. The molecule has 1 N–H and O–H groups in total. The molecule has 9 heteroatoms. The molecule has 2 amide bonds. The first kappa shape index (κ1) is 23.5. The highest BCUT2D eigenvalue weighted by atomic mass is 19.4. The molecule has 6 nitrogen and oxygen atoms in total. The summed E-state index contributed by atoms with van der Waals surface area (Å²) in [6, 6.07) is 13.2. The van der Waals surface area contributed by atoms with Gasteiger partial charge in [0.05, 0.1) is 12.7 Å². The normalized spacial score (nSPS) is 22.0. The zero-order valence-electron chi connectivity index (χ0n) is 18.8. The Morgan fingerprint density at radius 1 is 1.00 bits per heavy atom. The van der Waals surface area contributed by atoms with Gasteiger partial charge in [-0.1, -0.05) is 32.0 Å². The van der Waals surface area contributed by atoms with Crippen molar-refractivity contribution in [2.75, 3.05) is 12.0 Å². The summed E-state index contributed by atoms with van der Waals surface area (Å²) in [4.78, 5) is 40.7. The van der Waals surface area contributed by atoms with Crippen molar-refractivity contribution in [3.63, 3.8) is 0 Å². The molecule has 1 aliphatic heterocycles. The van der Waals surface area contributed by atoms with Gasteiger partial charge in [-0.2, -0.15) is 13.2 Å². The standard InChI is InChI=1S/C25H23F3N2O4/c1-23(2)13-18-20(19(31)14-23)24(25(26,27)28,29-21(32)15-7-5-4-6-8-15)22(33)30(18)16-9-11-17(34-3)12-10-16/h4-12H,13-14H2,1-3H3,(H,29,32)/t24-/m0/s1. The minimum Gasteiger partial charge on any atom is -0.497 e. The number of nitrogens with one attached hydrogen (secondary N) is 1. The molecule has 0 bridgehead atoms. The Labute approximate surface area is 194 Å². The average molecular weight is 472 g/mol. The third-order valence-corrected chi connectivity index (χ3v) is 6.11. The zero-order chi connectivity index (χ0) is 24.9. The number of hydrogen-bond acceptors (Lipinski definition) is 4. The van der Waals surface area contributed by atoms with Crippen molar-refractivity contribution in [3.05, 3.63) is 71.4 Å². The van der Waals surface area contributed by atoms with Gasteiger partial charge in [-0.05, 0) is 48.2 Å². The summed E-state index contributed by atoms with van der Waals surface area (Å²) in [5, 5.41) is 1.92. The highest BCUT2D eigenvalue weighted by Gasteiger charge is 2.72. The van der Waals surface area contributed by atoms with Crippen molar-refractivity contribution in [1.29, 1.82) is 0 Å². The Hall–Kier alpha value is -3.62. The second-order valence-corrected chi connectivity index (χ2v) is 9.17. The fraction of sp³-hybridized carbons (Fsp3) is 0.320. The van der Waals surface area contributed by atoms with Crippen molar-refractivity contribution in [2.24, 2.45) is 5.41 Å². The van der Waals surface area contributed by atoms with Crippen LogP contribution in [0.1, 0.15) is 37.0 Å². The maximum absolute atomic E-state index is 14.8. The fourth-order valence-corrected chi connectivity index (χ4v) is 4.59. The van der Waals surface area contributed by atoms with Crippen LogP contribution in [-0.4, -0.2) is 36.4 Å². The molecule has 1 heterocycles. The molecule has 0 spiro atoms. The third-order valence-electron chi connectivity index (χ3n) is 6.11. The van der Waals surface area contributed by atoms with E-state index >= 15 is 0 Å². The summed E-state index contributed by atoms with van der Waals surface area (Å²) < 4.78 is 49.6. The van der Waals surface area contributed by atoms with Gasteiger partial charge in [-0.15, -0.1) is 0 Å². The number of benzene rings is 2. The molecule has 0 saturated carbocycles. The largest absolute Gasteiger partial charge is 0.497 e. The van der Waals surface area contributed by atoms with Crippen LogP contribution in [0.25, 0.3) is 0 Å². The summed E-state index contributed by atoms with van der Waals surface area (Å²) >= 11 is 0. The molecule has 1 aliphatic carbocycles. The van der Waals surface area contributed by atoms with Gasteiger partial charge in [0.25, 0.3) is 11.8 Å². The molecular weight excluding hydrogens is 449 g/mol. The molecule has 1 atom stereocenters. The number of methoxy groups -OCH3 is 1. The first-order valence-electron chi connectivity index (χ1n) is 10.6. The minimum atomic E-state index is -5.27. The second kappa shape index (κ2) is 8.00. The summed E-state index contributed by atoms with van der Waals surface area (Å²) in [5.41, 5.74) is -4.86. The molecule has 0 aromatic heterocycles. The molecule has 4 rings (SSSR count). The van der Waals surface area contributed by atoms with Gasteiger partial charge in [0.15, 0.2) is 5.78 Å². The van der Waals surface area contributed by atoms with Crippen molar-refractivity contribution < 1.29 is 32.3 Å². The van der Waals surface area contributed by atoms with Crippen LogP contribution >= 0.6 is 0 Å². The van der Waals surface area contributed by atoms with Gasteiger partial charge < -0.3 is 10.1 Å². The van der Waals surface area contributed by atoms with E-state index in [4.69, 9.17) is 4.74 Å². The number of ketones is 1. The lowest BCUT2D eigenvalue weighted by Gasteiger charge is -2.35. The highest BCUT2D eigenvalue weighted by Crippen LogP contribution is 2.52.